The minimum atomic E-state index is 0.428. The third kappa shape index (κ3) is 3.47. The maximum Gasteiger partial charge on any atom is 0.136 e. The highest BCUT2D eigenvalue weighted by atomic mass is 35.5. The normalized spacial score (nSPS) is 10.5. The minimum absolute atomic E-state index is 0.428. The van der Waals surface area contributed by atoms with Crippen molar-refractivity contribution in [3.8, 4) is 0 Å². The largest absolute Gasteiger partial charge is 0.378 e. The average molecular weight is 250 g/mol. The summed E-state index contributed by atoms with van der Waals surface area (Å²) < 4.78 is 5.02. The van der Waals surface area contributed by atoms with Gasteiger partial charge >= 0.3 is 0 Å². The van der Waals surface area contributed by atoms with E-state index in [4.69, 9.17) is 16.3 Å². The summed E-state index contributed by atoms with van der Waals surface area (Å²) in [7, 11) is 1.62. The van der Waals surface area contributed by atoms with Crippen LogP contribution in [-0.2, 0) is 17.8 Å². The van der Waals surface area contributed by atoms with Crippen LogP contribution in [-0.4, -0.2) is 22.1 Å². The Labute approximate surface area is 105 Å². The van der Waals surface area contributed by atoms with Crippen LogP contribution >= 0.6 is 11.6 Å². The van der Waals surface area contributed by atoms with E-state index in [2.05, 4.69) is 15.0 Å². The molecule has 0 aliphatic carbocycles. The van der Waals surface area contributed by atoms with Gasteiger partial charge in [-0.05, 0) is 18.2 Å². The predicted molar refractivity (Wildman–Crippen MR) is 64.8 cm³/mol. The van der Waals surface area contributed by atoms with Crippen molar-refractivity contribution in [1.29, 1.82) is 0 Å². The Bertz CT molecular complexity index is 490. The number of rotatable bonds is 4. The molecule has 0 aliphatic rings. The molecule has 5 heteroatoms. The van der Waals surface area contributed by atoms with Crippen molar-refractivity contribution in [3.05, 3.63) is 52.8 Å². The number of hydrogen-bond acceptors (Lipinski definition) is 4. The topological polar surface area (TPSA) is 47.9 Å². The van der Waals surface area contributed by atoms with Crippen molar-refractivity contribution < 1.29 is 4.74 Å². The number of ether oxygens (including phenoxy) is 1. The Morgan fingerprint density at radius 1 is 1.24 bits per heavy atom. The Morgan fingerprint density at radius 2 is 2.12 bits per heavy atom. The third-order valence-electron chi connectivity index (χ3n) is 2.15. The maximum atomic E-state index is 5.92. The molecule has 0 aromatic carbocycles. The lowest BCUT2D eigenvalue weighted by Crippen LogP contribution is -2.02. The second-order valence-corrected chi connectivity index (χ2v) is 3.92. The van der Waals surface area contributed by atoms with E-state index in [1.807, 2.05) is 18.2 Å². The summed E-state index contributed by atoms with van der Waals surface area (Å²) in [5.74, 6) is 0.656. The molecule has 0 N–H and O–H groups in total. The van der Waals surface area contributed by atoms with Gasteiger partial charge in [-0.1, -0.05) is 17.7 Å². The van der Waals surface area contributed by atoms with Crippen molar-refractivity contribution in [2.45, 2.75) is 13.0 Å². The Balaban J connectivity index is 2.21. The molecule has 2 rings (SSSR count). The van der Waals surface area contributed by atoms with Crippen molar-refractivity contribution in [1.82, 2.24) is 15.0 Å². The van der Waals surface area contributed by atoms with E-state index in [0.717, 1.165) is 11.4 Å². The van der Waals surface area contributed by atoms with Gasteiger partial charge in [0.05, 0.1) is 18.7 Å². The van der Waals surface area contributed by atoms with Gasteiger partial charge in [-0.2, -0.15) is 0 Å². The first-order valence-electron chi connectivity index (χ1n) is 5.19. The number of pyridine rings is 1. The van der Waals surface area contributed by atoms with Crippen LogP contribution in [0.15, 0.2) is 30.5 Å². The number of methoxy groups -OCH3 is 1. The molecule has 4 nitrogen and oxygen atoms in total. The molecule has 2 heterocycles. The first-order valence-corrected chi connectivity index (χ1v) is 5.57. The summed E-state index contributed by atoms with van der Waals surface area (Å²) in [5, 5.41) is 0.429. The zero-order valence-corrected chi connectivity index (χ0v) is 10.2. The van der Waals surface area contributed by atoms with Crippen LogP contribution < -0.4 is 0 Å². The number of halogens is 1. The summed E-state index contributed by atoms with van der Waals surface area (Å²) in [6.45, 7) is 0.428. The highest BCUT2D eigenvalue weighted by Gasteiger charge is 2.05. The van der Waals surface area contributed by atoms with Gasteiger partial charge in [0.25, 0.3) is 0 Å². The van der Waals surface area contributed by atoms with E-state index in [9.17, 15) is 0 Å². The second kappa shape index (κ2) is 5.70. The van der Waals surface area contributed by atoms with Gasteiger partial charge < -0.3 is 4.74 Å². The summed E-state index contributed by atoms with van der Waals surface area (Å²) in [5.41, 5.74) is 1.69. The lowest BCUT2D eigenvalue weighted by molar-refractivity contribution is 0.181. The van der Waals surface area contributed by atoms with Gasteiger partial charge in [-0.3, -0.25) is 4.98 Å². The summed E-state index contributed by atoms with van der Waals surface area (Å²) in [6, 6.07) is 7.44. The smallest absolute Gasteiger partial charge is 0.136 e. The minimum Gasteiger partial charge on any atom is -0.378 e. The standard InChI is InChI=1S/C12H12ClN3O/c1-17-8-10-6-11(13)16-12(15-10)7-9-4-2-3-5-14-9/h2-6H,7-8H2,1H3. The summed E-state index contributed by atoms with van der Waals surface area (Å²) >= 11 is 5.92. The van der Waals surface area contributed by atoms with Crippen LogP contribution in [0.1, 0.15) is 17.2 Å². The first-order chi connectivity index (χ1) is 8.28. The van der Waals surface area contributed by atoms with Gasteiger partial charge in [0.2, 0.25) is 0 Å². The lowest BCUT2D eigenvalue weighted by atomic mass is 10.2. The van der Waals surface area contributed by atoms with Gasteiger partial charge in [0.15, 0.2) is 0 Å². The molecule has 88 valence electrons. The Morgan fingerprint density at radius 3 is 2.82 bits per heavy atom. The summed E-state index contributed by atoms with van der Waals surface area (Å²) in [4.78, 5) is 12.8. The molecular formula is C12H12ClN3O. The quantitative estimate of drug-likeness (QED) is 0.780. The van der Waals surface area contributed by atoms with Crippen molar-refractivity contribution in [3.63, 3.8) is 0 Å². The highest BCUT2D eigenvalue weighted by Crippen LogP contribution is 2.10. The summed E-state index contributed by atoms with van der Waals surface area (Å²) in [6.07, 6.45) is 2.31. The molecule has 0 bridgehead atoms. The molecule has 2 aromatic heterocycles. The molecule has 0 radical (unpaired) electrons. The SMILES string of the molecule is COCc1cc(Cl)nc(Cc2ccccn2)n1. The fraction of sp³-hybridized carbons (Fsp3) is 0.250. The van der Waals surface area contributed by atoms with E-state index in [0.29, 0.717) is 24.0 Å². The fourth-order valence-corrected chi connectivity index (χ4v) is 1.71. The van der Waals surface area contributed by atoms with E-state index < -0.39 is 0 Å². The molecule has 0 spiro atoms. The molecule has 2 aromatic rings. The zero-order valence-electron chi connectivity index (χ0n) is 9.43. The second-order valence-electron chi connectivity index (χ2n) is 3.53. The van der Waals surface area contributed by atoms with E-state index >= 15 is 0 Å². The Kier molecular flexibility index (Phi) is 4.01. The van der Waals surface area contributed by atoms with Crippen LogP contribution in [0, 0.1) is 0 Å². The van der Waals surface area contributed by atoms with Crippen molar-refractivity contribution >= 4 is 11.6 Å². The van der Waals surface area contributed by atoms with Crippen LogP contribution in [0.3, 0.4) is 0 Å². The predicted octanol–water partition coefficient (Wildman–Crippen LogP) is 2.26. The van der Waals surface area contributed by atoms with Crippen LogP contribution in [0.25, 0.3) is 0 Å². The van der Waals surface area contributed by atoms with Crippen LogP contribution in [0.5, 0.6) is 0 Å². The van der Waals surface area contributed by atoms with E-state index in [1.165, 1.54) is 0 Å². The monoisotopic (exact) mass is 249 g/mol. The molecule has 0 aliphatic heterocycles. The van der Waals surface area contributed by atoms with Crippen LogP contribution in [0.2, 0.25) is 5.15 Å². The van der Waals surface area contributed by atoms with Crippen molar-refractivity contribution in [2.24, 2.45) is 0 Å². The lowest BCUT2D eigenvalue weighted by Gasteiger charge is -2.04. The maximum absolute atomic E-state index is 5.92. The highest BCUT2D eigenvalue weighted by molar-refractivity contribution is 6.29. The van der Waals surface area contributed by atoms with E-state index in [1.54, 1.807) is 19.4 Å². The fourth-order valence-electron chi connectivity index (χ4n) is 1.48. The van der Waals surface area contributed by atoms with Gasteiger partial charge in [0.1, 0.15) is 11.0 Å². The van der Waals surface area contributed by atoms with Crippen LogP contribution in [0.4, 0.5) is 0 Å². The molecule has 0 atom stereocenters. The van der Waals surface area contributed by atoms with Gasteiger partial charge in [-0.25, -0.2) is 9.97 Å². The van der Waals surface area contributed by atoms with E-state index in [-0.39, 0.29) is 0 Å². The molecule has 0 saturated heterocycles. The molecule has 17 heavy (non-hydrogen) atoms. The number of aromatic nitrogens is 3. The number of nitrogens with zero attached hydrogens (tertiary/aromatic N) is 3. The first kappa shape index (κ1) is 12.0. The molecule has 0 unspecified atom stereocenters. The third-order valence-corrected chi connectivity index (χ3v) is 2.35. The molecule has 0 saturated carbocycles. The Hall–Kier alpha value is -1.52. The van der Waals surface area contributed by atoms with Gasteiger partial charge in [0, 0.05) is 19.0 Å². The molecular weight excluding hydrogens is 238 g/mol. The zero-order chi connectivity index (χ0) is 12.1. The van der Waals surface area contributed by atoms with Crippen molar-refractivity contribution in [2.75, 3.05) is 7.11 Å². The van der Waals surface area contributed by atoms with Gasteiger partial charge in [-0.15, -0.1) is 0 Å². The molecule has 0 amide bonds. The molecule has 0 fully saturated rings. The average Bonchev–Trinajstić information content (AvgIpc) is 2.30. The number of hydrogen-bond donors (Lipinski definition) is 0.